The lowest BCUT2D eigenvalue weighted by Crippen LogP contribution is -2.60. The van der Waals surface area contributed by atoms with Crippen LogP contribution in [0.2, 0.25) is 0 Å². The van der Waals surface area contributed by atoms with Gasteiger partial charge in [-0.2, -0.15) is 0 Å². The molecule has 31 heavy (non-hydrogen) atoms. The first-order chi connectivity index (χ1) is 14.9. The van der Waals surface area contributed by atoms with Crippen molar-refractivity contribution in [2.75, 3.05) is 20.8 Å². The first-order valence-electron chi connectivity index (χ1n) is 9.48. The van der Waals surface area contributed by atoms with E-state index in [1.165, 1.54) is 26.4 Å². The second kappa shape index (κ2) is 8.33. The van der Waals surface area contributed by atoms with E-state index in [9.17, 15) is 25.2 Å². The molecule has 10 nitrogen and oxygen atoms in total. The molecule has 4 N–H and O–H groups in total. The van der Waals surface area contributed by atoms with E-state index in [2.05, 4.69) is 0 Å². The van der Waals surface area contributed by atoms with E-state index in [0.717, 1.165) is 0 Å². The highest BCUT2D eigenvalue weighted by Gasteiger charge is 2.44. The van der Waals surface area contributed by atoms with Gasteiger partial charge in [0.2, 0.25) is 6.29 Å². The fourth-order valence-corrected chi connectivity index (χ4v) is 3.70. The molecule has 1 aliphatic heterocycles. The van der Waals surface area contributed by atoms with E-state index in [1.54, 1.807) is 18.2 Å². The lowest BCUT2D eigenvalue weighted by Gasteiger charge is -2.39. The molecule has 0 unspecified atom stereocenters. The van der Waals surface area contributed by atoms with E-state index >= 15 is 0 Å². The summed E-state index contributed by atoms with van der Waals surface area (Å²) in [5, 5.41) is 40.7. The van der Waals surface area contributed by atoms with Crippen LogP contribution in [0.3, 0.4) is 0 Å². The molecule has 1 aliphatic rings. The number of ether oxygens (including phenoxy) is 4. The fourth-order valence-electron chi connectivity index (χ4n) is 3.70. The molecule has 1 saturated heterocycles. The third-order valence-electron chi connectivity index (χ3n) is 5.28. The Morgan fingerprint density at radius 2 is 1.71 bits per heavy atom. The second-order valence-electron chi connectivity index (χ2n) is 7.09. The highest BCUT2D eigenvalue weighted by atomic mass is 16.7. The van der Waals surface area contributed by atoms with E-state index in [4.69, 9.17) is 23.4 Å². The maximum atomic E-state index is 12.5. The Labute approximate surface area is 175 Å². The smallest absolute Gasteiger partial charge is 0.344 e. The lowest BCUT2D eigenvalue weighted by atomic mass is 9.99. The summed E-state index contributed by atoms with van der Waals surface area (Å²) in [4.78, 5) is 12.5. The number of aliphatic hydroxyl groups is 4. The Morgan fingerprint density at radius 1 is 0.968 bits per heavy atom. The normalized spacial score (nSPS) is 26.2. The summed E-state index contributed by atoms with van der Waals surface area (Å²) < 4.78 is 27.4. The first-order valence-corrected chi connectivity index (χ1v) is 9.48. The van der Waals surface area contributed by atoms with Crippen molar-refractivity contribution in [3.8, 4) is 17.2 Å². The summed E-state index contributed by atoms with van der Waals surface area (Å²) >= 11 is 0. The predicted molar refractivity (Wildman–Crippen MR) is 107 cm³/mol. The van der Waals surface area contributed by atoms with Gasteiger partial charge in [-0.05, 0) is 12.1 Å². The van der Waals surface area contributed by atoms with Crippen LogP contribution in [0.4, 0.5) is 0 Å². The third-order valence-corrected chi connectivity index (χ3v) is 5.28. The quantitative estimate of drug-likeness (QED) is 0.323. The van der Waals surface area contributed by atoms with E-state index < -0.39 is 42.9 Å². The van der Waals surface area contributed by atoms with Crippen molar-refractivity contribution < 1.29 is 43.8 Å². The van der Waals surface area contributed by atoms with Crippen molar-refractivity contribution in [3.63, 3.8) is 0 Å². The summed E-state index contributed by atoms with van der Waals surface area (Å²) in [5.41, 5.74) is -0.450. The number of methoxy groups -OCH3 is 2. The van der Waals surface area contributed by atoms with Crippen molar-refractivity contribution >= 4 is 21.7 Å². The average molecular weight is 434 g/mol. The zero-order chi connectivity index (χ0) is 22.3. The molecule has 5 atom stereocenters. The zero-order valence-electron chi connectivity index (χ0n) is 16.7. The molecule has 0 amide bonds. The minimum Gasteiger partial charge on any atom is -0.496 e. The van der Waals surface area contributed by atoms with Crippen LogP contribution in [0.15, 0.2) is 39.5 Å². The van der Waals surface area contributed by atoms with Gasteiger partial charge in [-0.3, -0.25) is 0 Å². The Morgan fingerprint density at radius 3 is 2.39 bits per heavy atom. The molecule has 0 aliphatic carbocycles. The summed E-state index contributed by atoms with van der Waals surface area (Å²) in [6, 6.07) is 7.90. The van der Waals surface area contributed by atoms with Gasteiger partial charge in [-0.1, -0.05) is 6.07 Å². The van der Waals surface area contributed by atoms with Gasteiger partial charge in [0.05, 0.1) is 31.6 Å². The van der Waals surface area contributed by atoms with Crippen LogP contribution < -0.4 is 19.8 Å². The summed E-state index contributed by atoms with van der Waals surface area (Å²) in [6.45, 7) is -0.591. The van der Waals surface area contributed by atoms with Gasteiger partial charge in [0.25, 0.3) is 0 Å². The molecular formula is C21H22O10. The molecule has 3 aromatic rings. The third kappa shape index (κ3) is 3.58. The van der Waals surface area contributed by atoms with Gasteiger partial charge in [-0.15, -0.1) is 0 Å². The van der Waals surface area contributed by atoms with Crippen LogP contribution in [0.5, 0.6) is 17.2 Å². The molecule has 1 aromatic heterocycles. The minimum absolute atomic E-state index is 0.103. The number of hydrogen-bond donors (Lipinski definition) is 4. The molecule has 0 bridgehead atoms. The van der Waals surface area contributed by atoms with Gasteiger partial charge in [0.1, 0.15) is 47.2 Å². The van der Waals surface area contributed by atoms with E-state index in [-0.39, 0.29) is 11.3 Å². The Hall–Kier alpha value is -2.89. The van der Waals surface area contributed by atoms with Gasteiger partial charge in [0.15, 0.2) is 0 Å². The summed E-state index contributed by atoms with van der Waals surface area (Å²) in [5.74, 6) is 0.859. The molecule has 166 valence electrons. The standard InChI is InChI=1S/C21H22O10/c1-27-11-5-3-4-10-15(11)16-12(28-2)6-9(7-13(16)30-20(10)26)29-21-19(25)18(24)17(23)14(8-22)31-21/h3-7,14,17-19,21-25H,8H2,1-2H3/t14-,17-,18+,19-,21-/m1/s1. The number of fused-ring (bicyclic) bond motifs is 3. The van der Waals surface area contributed by atoms with Crippen molar-refractivity contribution in [2.24, 2.45) is 0 Å². The summed E-state index contributed by atoms with van der Waals surface area (Å²) in [7, 11) is 2.91. The van der Waals surface area contributed by atoms with Gasteiger partial charge in [-0.25, -0.2) is 4.79 Å². The topological polar surface area (TPSA) is 148 Å². The largest absolute Gasteiger partial charge is 0.496 e. The van der Waals surface area contributed by atoms with E-state index in [1.807, 2.05) is 0 Å². The number of hydrogen-bond acceptors (Lipinski definition) is 10. The molecule has 10 heteroatoms. The van der Waals surface area contributed by atoms with E-state index in [0.29, 0.717) is 27.7 Å². The van der Waals surface area contributed by atoms with Gasteiger partial charge < -0.3 is 43.8 Å². The fraction of sp³-hybridized carbons (Fsp3) is 0.381. The van der Waals surface area contributed by atoms with Crippen molar-refractivity contribution in [2.45, 2.75) is 30.7 Å². The zero-order valence-corrected chi connectivity index (χ0v) is 16.7. The summed E-state index contributed by atoms with van der Waals surface area (Å²) in [6.07, 6.45) is -7.23. The van der Waals surface area contributed by atoms with Gasteiger partial charge in [0, 0.05) is 17.5 Å². The molecule has 0 spiro atoms. The van der Waals surface area contributed by atoms with Crippen molar-refractivity contribution in [1.29, 1.82) is 0 Å². The highest BCUT2D eigenvalue weighted by molar-refractivity contribution is 6.11. The van der Waals surface area contributed by atoms with Crippen LogP contribution >= 0.6 is 0 Å². The molecular weight excluding hydrogens is 412 g/mol. The van der Waals surface area contributed by atoms with Crippen LogP contribution in [-0.2, 0) is 4.74 Å². The first kappa shape index (κ1) is 21.3. The maximum Gasteiger partial charge on any atom is 0.344 e. The molecule has 0 saturated carbocycles. The second-order valence-corrected chi connectivity index (χ2v) is 7.09. The predicted octanol–water partition coefficient (Wildman–Crippen LogP) is 0.142. The van der Waals surface area contributed by atoms with Crippen LogP contribution in [-0.4, -0.2) is 72.0 Å². The molecule has 2 aromatic carbocycles. The van der Waals surface area contributed by atoms with Crippen LogP contribution in [0.25, 0.3) is 21.7 Å². The lowest BCUT2D eigenvalue weighted by molar-refractivity contribution is -0.277. The SMILES string of the molecule is COc1cc(O[C@@H]2O[C@H](CO)[C@@H](O)[C@H](O)[C@H]2O)cc2oc(=O)c3cccc(OC)c3c12. The molecule has 4 rings (SSSR count). The van der Waals surface area contributed by atoms with Gasteiger partial charge >= 0.3 is 5.63 Å². The number of benzene rings is 2. The van der Waals surface area contributed by atoms with Crippen LogP contribution in [0.1, 0.15) is 0 Å². The highest BCUT2D eigenvalue weighted by Crippen LogP contribution is 2.39. The van der Waals surface area contributed by atoms with Crippen molar-refractivity contribution in [1.82, 2.24) is 0 Å². The average Bonchev–Trinajstić information content (AvgIpc) is 2.78. The maximum absolute atomic E-state index is 12.5. The van der Waals surface area contributed by atoms with Crippen LogP contribution in [0, 0.1) is 0 Å². The molecule has 1 fully saturated rings. The Balaban J connectivity index is 1.82. The monoisotopic (exact) mass is 434 g/mol. The van der Waals surface area contributed by atoms with Crippen molar-refractivity contribution in [3.05, 3.63) is 40.8 Å². The molecule has 0 radical (unpaired) electrons. The molecule has 2 heterocycles. The minimum atomic E-state index is -1.59. The number of aliphatic hydroxyl groups excluding tert-OH is 4. The Kier molecular flexibility index (Phi) is 5.73. The Bertz CT molecular complexity index is 1150. The number of rotatable bonds is 5.